The number of aromatic hydroxyl groups is 3. The third-order valence-electron chi connectivity index (χ3n) is 5.19. The van der Waals surface area contributed by atoms with Crippen LogP contribution in [0.15, 0.2) is 72.8 Å². The van der Waals surface area contributed by atoms with Gasteiger partial charge in [-0.15, -0.1) is 0 Å². The molecule has 7 nitrogen and oxygen atoms in total. The van der Waals surface area contributed by atoms with Crippen molar-refractivity contribution in [3.8, 4) is 17.2 Å². The second-order valence-electron chi connectivity index (χ2n) is 7.17. The number of phenolic OH excluding ortho intramolecular Hbond substituents is 3. The molecule has 8 heteroatoms. The molecular formula is C24H23O7P. The molecule has 0 saturated carbocycles. The monoisotopic (exact) mass is 454 g/mol. The third-order valence-corrected chi connectivity index (χ3v) is 9.64. The van der Waals surface area contributed by atoms with Gasteiger partial charge in [-0.05, 0) is 66.1 Å². The number of hydrogen-bond acceptors (Lipinski definition) is 6. The Morgan fingerprint density at radius 3 is 1.44 bits per heavy atom. The van der Waals surface area contributed by atoms with Crippen molar-refractivity contribution in [3.63, 3.8) is 0 Å². The summed E-state index contributed by atoms with van der Waals surface area (Å²) in [7, 11) is 1.17. The highest BCUT2D eigenvalue weighted by Crippen LogP contribution is 2.49. The summed E-state index contributed by atoms with van der Waals surface area (Å²) in [5, 5.41) is 42.1. The molecule has 0 amide bonds. The molecule has 166 valence electrons. The maximum atomic E-state index is 13.2. The van der Waals surface area contributed by atoms with Crippen LogP contribution >= 0.6 is 6.89 Å². The second-order valence-corrected chi connectivity index (χ2v) is 10.5. The minimum atomic E-state index is -3.35. The first-order valence-electron chi connectivity index (χ1n) is 9.68. The first-order valence-corrected chi connectivity index (χ1v) is 11.5. The zero-order valence-electron chi connectivity index (χ0n) is 17.5. The molecule has 0 radical (unpaired) electrons. The maximum Gasteiger partial charge on any atom is 0.335 e. The molecule has 3 rings (SSSR count). The van der Waals surface area contributed by atoms with Crippen molar-refractivity contribution in [3.05, 3.63) is 72.8 Å². The average Bonchev–Trinajstić information content (AvgIpc) is 2.76. The van der Waals surface area contributed by atoms with Gasteiger partial charge in [0, 0.05) is 0 Å². The van der Waals surface area contributed by atoms with Crippen LogP contribution in [0.2, 0.25) is 0 Å². The lowest BCUT2D eigenvalue weighted by molar-refractivity contribution is -0.140. The van der Waals surface area contributed by atoms with Gasteiger partial charge in [0.25, 0.3) is 0 Å². The Hall–Kier alpha value is -3.70. The van der Waals surface area contributed by atoms with E-state index in [0.29, 0.717) is 15.9 Å². The van der Waals surface area contributed by atoms with Gasteiger partial charge in [0.15, 0.2) is 0 Å². The molecule has 0 aliphatic heterocycles. The van der Waals surface area contributed by atoms with Crippen molar-refractivity contribution in [1.82, 2.24) is 0 Å². The minimum Gasteiger partial charge on any atom is -0.508 e. The maximum absolute atomic E-state index is 13.2. The molecular weight excluding hydrogens is 431 g/mol. The molecule has 0 aromatic heterocycles. The quantitative estimate of drug-likeness (QED) is 0.332. The fraction of sp³-hybridized carbons (Fsp3) is 0.125. The van der Waals surface area contributed by atoms with Crippen molar-refractivity contribution >= 4 is 40.0 Å². The van der Waals surface area contributed by atoms with E-state index in [1.165, 1.54) is 50.4 Å². The normalized spacial score (nSPS) is 12.1. The molecule has 0 saturated heterocycles. The number of carbonyl (C=O) groups excluding carboxylic acids is 1. The zero-order valence-corrected chi connectivity index (χ0v) is 18.4. The largest absolute Gasteiger partial charge is 0.508 e. The van der Waals surface area contributed by atoms with Gasteiger partial charge in [-0.1, -0.05) is 36.4 Å². The lowest BCUT2D eigenvalue weighted by Gasteiger charge is -2.33. The highest BCUT2D eigenvalue weighted by atomic mass is 31.2. The molecule has 1 unspecified atom stereocenters. The standard InChI is InChI=1S/C24H23O7P/c1-15(23(28)29)22(24(30)31-2)32(19-9-3-6-16(25)12-19,20-10-4-7-17(26)13-20)21-11-5-8-18(27)14-21/h3-15,25-27H,1-2H3,(H,28,29). The van der Waals surface area contributed by atoms with E-state index in [2.05, 4.69) is 0 Å². The SMILES string of the molecule is COC(=O)C(C(C)C(=O)O)=P(c1cccc(O)c1)(c1cccc(O)c1)c1cccc(O)c1. The van der Waals surface area contributed by atoms with Gasteiger partial charge in [-0.3, -0.25) is 4.79 Å². The Kier molecular flexibility index (Phi) is 6.61. The number of carboxylic acid groups (broad SMARTS) is 1. The van der Waals surface area contributed by atoms with E-state index in [0.717, 1.165) is 0 Å². The van der Waals surface area contributed by atoms with Gasteiger partial charge in [0.05, 0.1) is 18.3 Å². The van der Waals surface area contributed by atoms with Crippen LogP contribution in [0.5, 0.6) is 17.2 Å². The number of rotatable bonds is 6. The first-order chi connectivity index (χ1) is 15.2. The van der Waals surface area contributed by atoms with Crippen molar-refractivity contribution in [2.75, 3.05) is 7.11 Å². The number of hydrogen-bond donors (Lipinski definition) is 4. The molecule has 3 aromatic rings. The van der Waals surface area contributed by atoms with Crippen LogP contribution in [0.4, 0.5) is 0 Å². The van der Waals surface area contributed by atoms with Crippen LogP contribution in [-0.4, -0.2) is 44.8 Å². The van der Waals surface area contributed by atoms with Gasteiger partial charge >= 0.3 is 11.9 Å². The van der Waals surface area contributed by atoms with E-state index in [1.807, 2.05) is 0 Å². The fourth-order valence-corrected chi connectivity index (χ4v) is 8.49. The highest BCUT2D eigenvalue weighted by Gasteiger charge is 2.39. The first kappa shape index (κ1) is 23.0. The summed E-state index contributed by atoms with van der Waals surface area (Å²) in [6.45, 7) is -1.96. The molecule has 1 atom stereocenters. The summed E-state index contributed by atoms with van der Waals surface area (Å²) in [6, 6.07) is 18.6. The van der Waals surface area contributed by atoms with Crippen molar-refractivity contribution in [2.24, 2.45) is 5.92 Å². The van der Waals surface area contributed by atoms with Gasteiger partial charge in [-0.2, -0.15) is 0 Å². The van der Waals surface area contributed by atoms with E-state index < -0.39 is 24.7 Å². The molecule has 0 spiro atoms. The molecule has 0 bridgehead atoms. The van der Waals surface area contributed by atoms with E-state index in [1.54, 1.807) is 36.4 Å². The molecule has 0 fully saturated rings. The van der Waals surface area contributed by atoms with Crippen LogP contribution in [0.3, 0.4) is 0 Å². The van der Waals surface area contributed by atoms with E-state index in [4.69, 9.17) is 4.74 Å². The van der Waals surface area contributed by atoms with Crippen molar-refractivity contribution in [1.29, 1.82) is 0 Å². The highest BCUT2D eigenvalue weighted by molar-refractivity contribution is 7.96. The Bertz CT molecular complexity index is 1110. The molecule has 0 heterocycles. The summed E-state index contributed by atoms with van der Waals surface area (Å²) in [6.07, 6.45) is 0. The van der Waals surface area contributed by atoms with Crippen LogP contribution in [0.1, 0.15) is 6.92 Å². The number of methoxy groups -OCH3 is 1. The van der Waals surface area contributed by atoms with Crippen LogP contribution < -0.4 is 15.9 Å². The molecule has 4 N–H and O–H groups in total. The summed E-state index contributed by atoms with van der Waals surface area (Å²) in [4.78, 5) is 25.3. The molecule has 3 aromatic carbocycles. The lowest BCUT2D eigenvalue weighted by atomic mass is 10.1. The van der Waals surface area contributed by atoms with Gasteiger partial charge < -0.3 is 25.2 Å². The Balaban J connectivity index is 2.73. The van der Waals surface area contributed by atoms with E-state index in [-0.39, 0.29) is 22.5 Å². The Morgan fingerprint density at radius 1 is 0.781 bits per heavy atom. The number of benzene rings is 3. The third kappa shape index (κ3) is 4.07. The fourth-order valence-electron chi connectivity index (χ4n) is 3.80. The number of ether oxygens (including phenoxy) is 1. The number of carboxylic acids is 1. The van der Waals surface area contributed by atoms with Gasteiger partial charge in [-0.25, -0.2) is 4.79 Å². The van der Waals surface area contributed by atoms with Crippen LogP contribution in [-0.2, 0) is 14.3 Å². The summed E-state index contributed by atoms with van der Waals surface area (Å²) in [5.41, 5.74) is 0. The second kappa shape index (κ2) is 9.20. The number of carbonyl (C=O) groups is 2. The van der Waals surface area contributed by atoms with E-state index >= 15 is 0 Å². The summed E-state index contributed by atoms with van der Waals surface area (Å²) in [5.74, 6) is -3.60. The van der Waals surface area contributed by atoms with Gasteiger partial charge in [0.1, 0.15) is 17.2 Å². The zero-order chi connectivity index (χ0) is 23.5. The average molecular weight is 454 g/mol. The topological polar surface area (TPSA) is 124 Å². The smallest absolute Gasteiger partial charge is 0.335 e. The molecule has 0 aliphatic rings. The lowest BCUT2D eigenvalue weighted by Crippen LogP contribution is -2.39. The van der Waals surface area contributed by atoms with E-state index in [9.17, 15) is 30.0 Å². The summed E-state index contributed by atoms with van der Waals surface area (Å²) < 4.78 is 5.05. The predicted octanol–water partition coefficient (Wildman–Crippen LogP) is 2.16. The van der Waals surface area contributed by atoms with Gasteiger partial charge in [0.2, 0.25) is 0 Å². The molecule has 0 aliphatic carbocycles. The van der Waals surface area contributed by atoms with Crippen molar-refractivity contribution < 1.29 is 34.8 Å². The minimum absolute atomic E-state index is 0.0469. The molecule has 32 heavy (non-hydrogen) atoms. The number of aliphatic carboxylic acids is 1. The summed E-state index contributed by atoms with van der Waals surface area (Å²) >= 11 is 0. The van der Waals surface area contributed by atoms with Crippen molar-refractivity contribution in [2.45, 2.75) is 6.92 Å². The van der Waals surface area contributed by atoms with Crippen LogP contribution in [0, 0.1) is 5.92 Å². The predicted molar refractivity (Wildman–Crippen MR) is 124 cm³/mol. The number of phenols is 3. The Labute approximate surface area is 185 Å². The Morgan fingerprint density at radius 2 is 1.16 bits per heavy atom. The number of esters is 1. The van der Waals surface area contributed by atoms with Crippen LogP contribution in [0.25, 0.3) is 0 Å².